The quantitative estimate of drug-likeness (QED) is 0.918. The van der Waals surface area contributed by atoms with E-state index in [1.807, 2.05) is 13.2 Å². The first-order valence-corrected chi connectivity index (χ1v) is 7.38. The normalized spacial score (nSPS) is 29.8. The second-order valence-electron chi connectivity index (χ2n) is 5.92. The van der Waals surface area contributed by atoms with Gasteiger partial charge in [-0.15, -0.1) is 0 Å². The Morgan fingerprint density at radius 3 is 2.95 bits per heavy atom. The Balaban J connectivity index is 1.81. The molecule has 0 bridgehead atoms. The van der Waals surface area contributed by atoms with Crippen molar-refractivity contribution in [3.8, 4) is 0 Å². The number of rotatable bonds is 3. The fraction of sp³-hybridized carbons (Fsp3) is 0.562. The van der Waals surface area contributed by atoms with Crippen LogP contribution in [-0.2, 0) is 11.3 Å². The van der Waals surface area contributed by atoms with Gasteiger partial charge in [-0.25, -0.2) is 0 Å². The number of methoxy groups -OCH3 is 1. The minimum absolute atomic E-state index is 0.0683. The number of ether oxygens (including phenoxy) is 1. The van der Waals surface area contributed by atoms with E-state index in [9.17, 15) is 0 Å². The van der Waals surface area contributed by atoms with Gasteiger partial charge < -0.3 is 15.4 Å². The number of nitrogens with zero attached hydrogens (tertiary/aromatic N) is 2. The first kappa shape index (κ1) is 13.4. The third-order valence-corrected chi connectivity index (χ3v) is 4.68. The van der Waals surface area contributed by atoms with E-state index in [4.69, 9.17) is 10.5 Å². The molecule has 108 valence electrons. The zero-order valence-corrected chi connectivity index (χ0v) is 12.1. The summed E-state index contributed by atoms with van der Waals surface area (Å²) in [6, 6.07) is 10.5. The molecule has 2 aliphatic rings. The fourth-order valence-electron chi connectivity index (χ4n) is 3.53. The Bertz CT molecular complexity index is 488. The van der Waals surface area contributed by atoms with E-state index < -0.39 is 0 Å². The summed E-state index contributed by atoms with van der Waals surface area (Å²) < 4.78 is 5.59. The maximum atomic E-state index is 6.15. The van der Waals surface area contributed by atoms with Crippen molar-refractivity contribution in [2.24, 2.45) is 10.7 Å². The number of aliphatic imine (C=N–C) groups is 1. The van der Waals surface area contributed by atoms with Crippen LogP contribution in [0.5, 0.6) is 0 Å². The van der Waals surface area contributed by atoms with Crippen LogP contribution < -0.4 is 5.73 Å². The topological polar surface area (TPSA) is 50.9 Å². The molecule has 2 atom stereocenters. The van der Waals surface area contributed by atoms with Crippen LogP contribution in [0.4, 0.5) is 0 Å². The van der Waals surface area contributed by atoms with Gasteiger partial charge in [-0.1, -0.05) is 30.3 Å². The van der Waals surface area contributed by atoms with Gasteiger partial charge in [-0.2, -0.15) is 0 Å². The summed E-state index contributed by atoms with van der Waals surface area (Å²) in [6.45, 7) is 1.65. The first-order valence-electron chi connectivity index (χ1n) is 7.38. The monoisotopic (exact) mass is 273 g/mol. The van der Waals surface area contributed by atoms with Crippen LogP contribution in [0.15, 0.2) is 35.3 Å². The van der Waals surface area contributed by atoms with Crippen molar-refractivity contribution in [3.63, 3.8) is 0 Å². The van der Waals surface area contributed by atoms with E-state index in [1.54, 1.807) is 0 Å². The molecule has 1 aromatic carbocycles. The summed E-state index contributed by atoms with van der Waals surface area (Å²) in [7, 11) is 1.81. The molecule has 0 saturated heterocycles. The van der Waals surface area contributed by atoms with Gasteiger partial charge in [-0.3, -0.25) is 4.99 Å². The van der Waals surface area contributed by atoms with Crippen molar-refractivity contribution in [2.75, 3.05) is 13.7 Å². The molecule has 1 saturated carbocycles. The van der Waals surface area contributed by atoms with Crippen molar-refractivity contribution in [1.29, 1.82) is 0 Å². The predicted molar refractivity (Wildman–Crippen MR) is 80.5 cm³/mol. The standard InChI is InChI=1S/C16H23N3O/c1-20-14-8-5-9-16(10-14)12-18-15(17)19(16)11-13-6-3-2-4-7-13/h2-4,6-7,14H,5,8-12H2,1H3,(H2,17,18). The van der Waals surface area contributed by atoms with Gasteiger partial charge in [0.2, 0.25) is 0 Å². The summed E-state index contributed by atoms with van der Waals surface area (Å²) in [5.74, 6) is 0.686. The highest BCUT2D eigenvalue weighted by atomic mass is 16.5. The minimum atomic E-state index is 0.0683. The van der Waals surface area contributed by atoms with Crippen LogP contribution in [0.2, 0.25) is 0 Å². The smallest absolute Gasteiger partial charge is 0.192 e. The lowest BCUT2D eigenvalue weighted by atomic mass is 9.79. The lowest BCUT2D eigenvalue weighted by molar-refractivity contribution is 0.00723. The molecule has 1 aliphatic carbocycles. The number of hydrogen-bond acceptors (Lipinski definition) is 4. The molecule has 3 rings (SSSR count). The maximum Gasteiger partial charge on any atom is 0.192 e. The molecule has 0 aromatic heterocycles. The van der Waals surface area contributed by atoms with Gasteiger partial charge in [0.15, 0.2) is 5.96 Å². The highest BCUT2D eigenvalue weighted by Gasteiger charge is 2.45. The molecule has 1 fully saturated rings. The van der Waals surface area contributed by atoms with Crippen molar-refractivity contribution < 1.29 is 4.74 Å². The van der Waals surface area contributed by atoms with Crippen LogP contribution in [-0.4, -0.2) is 36.2 Å². The van der Waals surface area contributed by atoms with E-state index in [-0.39, 0.29) is 5.54 Å². The average Bonchev–Trinajstić information content (AvgIpc) is 2.78. The molecule has 1 aliphatic heterocycles. The highest BCUT2D eigenvalue weighted by Crippen LogP contribution is 2.38. The van der Waals surface area contributed by atoms with Crippen LogP contribution >= 0.6 is 0 Å². The Morgan fingerprint density at radius 2 is 2.20 bits per heavy atom. The molecule has 20 heavy (non-hydrogen) atoms. The summed E-state index contributed by atoms with van der Waals surface area (Å²) >= 11 is 0. The number of guanidine groups is 1. The number of benzene rings is 1. The first-order chi connectivity index (χ1) is 9.73. The van der Waals surface area contributed by atoms with Gasteiger partial charge in [0.25, 0.3) is 0 Å². The predicted octanol–water partition coefficient (Wildman–Crippen LogP) is 2.14. The molecular formula is C16H23N3O. The molecule has 0 amide bonds. The van der Waals surface area contributed by atoms with Crippen molar-refractivity contribution in [2.45, 2.75) is 43.9 Å². The molecule has 2 N–H and O–H groups in total. The van der Waals surface area contributed by atoms with E-state index >= 15 is 0 Å². The van der Waals surface area contributed by atoms with Crippen LogP contribution in [0.3, 0.4) is 0 Å². The molecule has 4 heteroatoms. The van der Waals surface area contributed by atoms with E-state index in [2.05, 4.69) is 34.2 Å². The van der Waals surface area contributed by atoms with Gasteiger partial charge in [0.05, 0.1) is 18.2 Å². The largest absolute Gasteiger partial charge is 0.381 e. The summed E-state index contributed by atoms with van der Waals surface area (Å²) in [5.41, 5.74) is 7.51. The van der Waals surface area contributed by atoms with Gasteiger partial charge in [0, 0.05) is 13.7 Å². The van der Waals surface area contributed by atoms with E-state index in [0.29, 0.717) is 12.1 Å². The minimum Gasteiger partial charge on any atom is -0.381 e. The van der Waals surface area contributed by atoms with Gasteiger partial charge >= 0.3 is 0 Å². The number of nitrogens with two attached hydrogens (primary N) is 1. The van der Waals surface area contributed by atoms with E-state index in [0.717, 1.165) is 32.4 Å². The van der Waals surface area contributed by atoms with Crippen molar-refractivity contribution >= 4 is 5.96 Å². The fourth-order valence-corrected chi connectivity index (χ4v) is 3.53. The van der Waals surface area contributed by atoms with E-state index in [1.165, 1.54) is 12.0 Å². The van der Waals surface area contributed by atoms with Crippen molar-refractivity contribution in [3.05, 3.63) is 35.9 Å². The highest BCUT2D eigenvalue weighted by molar-refractivity contribution is 5.81. The molecule has 2 unspecified atom stereocenters. The molecular weight excluding hydrogens is 250 g/mol. The second kappa shape index (κ2) is 5.44. The molecule has 1 spiro atoms. The third kappa shape index (κ3) is 2.40. The molecule has 1 aromatic rings. The zero-order chi connectivity index (χ0) is 14.0. The van der Waals surface area contributed by atoms with Gasteiger partial charge in [-0.05, 0) is 31.2 Å². The Labute approximate surface area is 120 Å². The SMILES string of the molecule is COC1CCCC2(CN=C(N)N2Cc2ccccc2)C1. The molecule has 4 nitrogen and oxygen atoms in total. The van der Waals surface area contributed by atoms with Crippen LogP contribution in [0, 0.1) is 0 Å². The van der Waals surface area contributed by atoms with Crippen LogP contribution in [0.25, 0.3) is 0 Å². The summed E-state index contributed by atoms with van der Waals surface area (Å²) in [6.07, 6.45) is 4.86. The maximum absolute atomic E-state index is 6.15. The average molecular weight is 273 g/mol. The van der Waals surface area contributed by atoms with Crippen molar-refractivity contribution in [1.82, 2.24) is 4.90 Å². The zero-order valence-electron chi connectivity index (χ0n) is 12.1. The Kier molecular flexibility index (Phi) is 3.66. The van der Waals surface area contributed by atoms with Crippen LogP contribution in [0.1, 0.15) is 31.2 Å². The third-order valence-electron chi connectivity index (χ3n) is 4.68. The summed E-state index contributed by atoms with van der Waals surface area (Å²) in [4.78, 5) is 6.82. The number of hydrogen-bond donors (Lipinski definition) is 1. The second-order valence-corrected chi connectivity index (χ2v) is 5.92. The lowest BCUT2D eigenvalue weighted by Gasteiger charge is -2.44. The van der Waals surface area contributed by atoms with Gasteiger partial charge in [0.1, 0.15) is 0 Å². The Hall–Kier alpha value is -1.55. The summed E-state index contributed by atoms with van der Waals surface area (Å²) in [5, 5.41) is 0. The molecule has 1 heterocycles. The Morgan fingerprint density at radius 1 is 1.40 bits per heavy atom. The molecule has 0 radical (unpaired) electrons. The lowest BCUT2D eigenvalue weighted by Crippen LogP contribution is -2.54.